The first-order valence-electron chi connectivity index (χ1n) is 6.60. The molecule has 1 aromatic carbocycles. The number of alkyl halides is 2. The van der Waals surface area contributed by atoms with Gasteiger partial charge in [0.15, 0.2) is 12.4 Å². The second-order valence-corrected chi connectivity index (χ2v) is 6.06. The minimum atomic E-state index is -3.04. The second-order valence-electron chi connectivity index (χ2n) is 5.21. The van der Waals surface area contributed by atoms with E-state index in [1.165, 1.54) is 6.07 Å². The third-order valence-corrected chi connectivity index (χ3v) is 4.33. The highest BCUT2D eigenvalue weighted by Crippen LogP contribution is 2.49. The van der Waals surface area contributed by atoms with Gasteiger partial charge in [-0.1, -0.05) is 15.9 Å². The molecule has 20 heavy (non-hydrogen) atoms. The standard InChI is InChI=1S/C14H14BrF3O2/c15-10-6-9(16)5-8-7-14(17,18)13(12(8)10)20-11-3-1-2-4-19-11/h5-6,11,13H,1-4,7H2/t11-,13-/m1/s1. The molecule has 0 bridgehead atoms. The number of benzene rings is 1. The van der Waals surface area contributed by atoms with Crippen molar-refractivity contribution in [2.24, 2.45) is 0 Å². The van der Waals surface area contributed by atoms with E-state index in [2.05, 4.69) is 15.9 Å². The van der Waals surface area contributed by atoms with Gasteiger partial charge in [-0.05, 0) is 37.0 Å². The monoisotopic (exact) mass is 350 g/mol. The van der Waals surface area contributed by atoms with Crippen molar-refractivity contribution in [2.45, 2.75) is 44.0 Å². The Labute approximate surface area is 123 Å². The zero-order valence-corrected chi connectivity index (χ0v) is 12.3. The van der Waals surface area contributed by atoms with Crippen LogP contribution in [0.15, 0.2) is 16.6 Å². The Balaban J connectivity index is 1.90. The summed E-state index contributed by atoms with van der Waals surface area (Å²) in [4.78, 5) is 0. The third-order valence-electron chi connectivity index (χ3n) is 3.68. The molecule has 0 amide bonds. The van der Waals surface area contributed by atoms with Crippen LogP contribution in [0.2, 0.25) is 0 Å². The van der Waals surface area contributed by atoms with Gasteiger partial charge in [-0.2, -0.15) is 0 Å². The first-order valence-corrected chi connectivity index (χ1v) is 7.39. The number of hydrogen-bond acceptors (Lipinski definition) is 2. The maximum absolute atomic E-state index is 14.1. The minimum Gasteiger partial charge on any atom is -0.353 e. The van der Waals surface area contributed by atoms with E-state index in [1.807, 2.05) is 0 Å². The van der Waals surface area contributed by atoms with Gasteiger partial charge in [-0.25, -0.2) is 13.2 Å². The summed E-state index contributed by atoms with van der Waals surface area (Å²) in [6, 6.07) is 2.34. The lowest BCUT2D eigenvalue weighted by Gasteiger charge is -2.29. The van der Waals surface area contributed by atoms with Crippen LogP contribution < -0.4 is 0 Å². The van der Waals surface area contributed by atoms with E-state index in [1.54, 1.807) is 0 Å². The molecule has 0 spiro atoms. The number of fused-ring (bicyclic) bond motifs is 1. The maximum Gasteiger partial charge on any atom is 0.282 e. The second kappa shape index (κ2) is 5.31. The normalized spacial score (nSPS) is 28.4. The molecule has 1 fully saturated rings. The highest BCUT2D eigenvalue weighted by Gasteiger charge is 2.50. The van der Waals surface area contributed by atoms with Crippen LogP contribution in [0.5, 0.6) is 0 Å². The van der Waals surface area contributed by atoms with Crippen LogP contribution in [0.3, 0.4) is 0 Å². The summed E-state index contributed by atoms with van der Waals surface area (Å²) in [6.07, 6.45) is -0.0537. The average Bonchev–Trinajstić information content (AvgIpc) is 2.61. The smallest absolute Gasteiger partial charge is 0.282 e. The van der Waals surface area contributed by atoms with Crippen molar-refractivity contribution in [3.05, 3.63) is 33.5 Å². The van der Waals surface area contributed by atoms with Gasteiger partial charge in [0, 0.05) is 23.1 Å². The molecule has 0 N–H and O–H groups in total. The summed E-state index contributed by atoms with van der Waals surface area (Å²) >= 11 is 3.16. The van der Waals surface area contributed by atoms with Crippen LogP contribution in [0.25, 0.3) is 0 Å². The minimum absolute atomic E-state index is 0.294. The molecule has 2 atom stereocenters. The first kappa shape index (κ1) is 14.4. The van der Waals surface area contributed by atoms with Crippen LogP contribution >= 0.6 is 15.9 Å². The van der Waals surface area contributed by atoms with Crippen LogP contribution in [0.1, 0.15) is 36.5 Å². The zero-order chi connectivity index (χ0) is 14.3. The van der Waals surface area contributed by atoms with E-state index in [4.69, 9.17) is 9.47 Å². The molecule has 1 aliphatic heterocycles. The van der Waals surface area contributed by atoms with Crippen molar-refractivity contribution in [1.29, 1.82) is 0 Å². The fourth-order valence-corrected chi connectivity index (χ4v) is 3.45. The first-order chi connectivity index (χ1) is 9.47. The SMILES string of the molecule is Fc1cc(Br)c2c(c1)CC(F)(F)[C@@H]2O[C@@H]1CCCCO1. The Morgan fingerprint density at radius 2 is 2.10 bits per heavy atom. The largest absolute Gasteiger partial charge is 0.353 e. The van der Waals surface area contributed by atoms with Crippen molar-refractivity contribution < 1.29 is 22.6 Å². The van der Waals surface area contributed by atoms with Gasteiger partial charge >= 0.3 is 0 Å². The summed E-state index contributed by atoms with van der Waals surface area (Å²) < 4.78 is 52.8. The molecular weight excluding hydrogens is 337 g/mol. The Morgan fingerprint density at radius 1 is 1.30 bits per heavy atom. The molecule has 1 saturated heterocycles. The van der Waals surface area contributed by atoms with Crippen molar-refractivity contribution in [3.63, 3.8) is 0 Å². The fraction of sp³-hybridized carbons (Fsp3) is 0.571. The van der Waals surface area contributed by atoms with Crippen molar-refractivity contribution in [1.82, 2.24) is 0 Å². The van der Waals surface area contributed by atoms with Gasteiger partial charge in [0.2, 0.25) is 0 Å². The Kier molecular flexibility index (Phi) is 3.81. The summed E-state index contributed by atoms with van der Waals surface area (Å²) in [5.41, 5.74) is 0.633. The summed E-state index contributed by atoms with van der Waals surface area (Å²) in [5.74, 6) is -3.57. The van der Waals surface area contributed by atoms with Crippen LogP contribution in [-0.4, -0.2) is 18.8 Å². The van der Waals surface area contributed by atoms with Crippen molar-refractivity contribution in [2.75, 3.05) is 6.61 Å². The Hall–Kier alpha value is -0.590. The van der Waals surface area contributed by atoms with E-state index in [9.17, 15) is 13.2 Å². The summed E-state index contributed by atoms with van der Waals surface area (Å²) in [7, 11) is 0. The summed E-state index contributed by atoms with van der Waals surface area (Å²) in [6.45, 7) is 0.528. The quantitative estimate of drug-likeness (QED) is 0.788. The number of halogens is 4. The molecule has 1 heterocycles. The molecule has 2 nitrogen and oxygen atoms in total. The zero-order valence-electron chi connectivity index (χ0n) is 10.7. The molecule has 0 radical (unpaired) electrons. The Morgan fingerprint density at radius 3 is 2.80 bits per heavy atom. The molecule has 1 aliphatic carbocycles. The van der Waals surface area contributed by atoms with Gasteiger partial charge < -0.3 is 9.47 Å². The summed E-state index contributed by atoms with van der Waals surface area (Å²) in [5, 5.41) is 0. The highest BCUT2D eigenvalue weighted by atomic mass is 79.9. The van der Waals surface area contributed by atoms with Crippen LogP contribution in [0.4, 0.5) is 13.2 Å². The predicted molar refractivity (Wildman–Crippen MR) is 70.2 cm³/mol. The van der Waals surface area contributed by atoms with E-state index >= 15 is 0 Å². The number of hydrogen-bond donors (Lipinski definition) is 0. The van der Waals surface area contributed by atoms with E-state index in [-0.39, 0.29) is 0 Å². The molecule has 1 aromatic rings. The lowest BCUT2D eigenvalue weighted by molar-refractivity contribution is -0.236. The topological polar surface area (TPSA) is 18.5 Å². The van der Waals surface area contributed by atoms with Gasteiger partial charge in [-0.3, -0.25) is 0 Å². The molecule has 110 valence electrons. The highest BCUT2D eigenvalue weighted by molar-refractivity contribution is 9.10. The average molecular weight is 351 g/mol. The van der Waals surface area contributed by atoms with E-state index in [0.717, 1.165) is 18.9 Å². The molecule has 0 unspecified atom stereocenters. The van der Waals surface area contributed by atoms with Crippen molar-refractivity contribution in [3.8, 4) is 0 Å². The van der Waals surface area contributed by atoms with Crippen LogP contribution in [0, 0.1) is 5.82 Å². The maximum atomic E-state index is 14.1. The van der Waals surface area contributed by atoms with Crippen LogP contribution in [-0.2, 0) is 15.9 Å². The van der Waals surface area contributed by atoms with Gasteiger partial charge in [0.05, 0.1) is 0 Å². The molecular formula is C14H14BrF3O2. The van der Waals surface area contributed by atoms with E-state index in [0.29, 0.717) is 28.6 Å². The lowest BCUT2D eigenvalue weighted by Crippen LogP contribution is -2.31. The molecule has 3 rings (SSSR count). The lowest BCUT2D eigenvalue weighted by atomic mass is 10.1. The number of ether oxygens (including phenoxy) is 2. The third kappa shape index (κ3) is 2.61. The van der Waals surface area contributed by atoms with Gasteiger partial charge in [-0.15, -0.1) is 0 Å². The fourth-order valence-electron chi connectivity index (χ4n) is 2.77. The number of rotatable bonds is 2. The van der Waals surface area contributed by atoms with Gasteiger partial charge in [0.25, 0.3) is 5.92 Å². The predicted octanol–water partition coefficient (Wildman–Crippen LogP) is 4.36. The Bertz CT molecular complexity index is 515. The van der Waals surface area contributed by atoms with Gasteiger partial charge in [0.1, 0.15) is 5.82 Å². The van der Waals surface area contributed by atoms with Crippen molar-refractivity contribution >= 4 is 15.9 Å². The molecule has 2 aliphatic rings. The van der Waals surface area contributed by atoms with E-state index < -0.39 is 30.6 Å². The molecule has 6 heteroatoms. The molecule has 0 saturated carbocycles. The molecule has 0 aromatic heterocycles.